The summed E-state index contributed by atoms with van der Waals surface area (Å²) in [6.45, 7) is 7.23. The topological polar surface area (TPSA) is 217 Å². The first-order chi connectivity index (χ1) is 16.8. The van der Waals surface area contributed by atoms with E-state index in [0.29, 0.717) is 18.5 Å². The Hall–Kier alpha value is -3.48. The first kappa shape index (κ1) is 30.6. The number of carbonyl (C=O) groups excluding carboxylic acids is 3. The number of nitrogens with one attached hydrogen (secondary N) is 4. The van der Waals surface area contributed by atoms with Crippen molar-refractivity contribution in [2.24, 2.45) is 17.6 Å². The van der Waals surface area contributed by atoms with Gasteiger partial charge in [0.25, 0.3) is 0 Å². The quantitative estimate of drug-likeness (QED) is 0.156. The van der Waals surface area contributed by atoms with E-state index in [9.17, 15) is 29.1 Å². The van der Waals surface area contributed by atoms with Crippen LogP contribution in [0.3, 0.4) is 0 Å². The Balaban J connectivity index is 3.11. The number of carbonyl (C=O) groups is 5. The van der Waals surface area contributed by atoms with Crippen LogP contribution in [0, 0.1) is 11.8 Å². The molecule has 5 atom stereocenters. The summed E-state index contributed by atoms with van der Waals surface area (Å²) in [4.78, 5) is 68.2. The minimum atomic E-state index is -1.27. The molecule has 0 aliphatic heterocycles. The second-order valence-electron chi connectivity index (χ2n) is 9.28. The number of aromatic nitrogens is 2. The Kier molecular flexibility index (Phi) is 12.6. The molecular weight excluding hydrogens is 472 g/mol. The van der Waals surface area contributed by atoms with Crippen molar-refractivity contribution in [2.45, 2.75) is 84.0 Å². The number of aromatic amines is 1. The van der Waals surface area contributed by atoms with Gasteiger partial charge in [-0.3, -0.25) is 19.2 Å². The maximum atomic E-state index is 13.1. The molecule has 0 radical (unpaired) electrons. The van der Waals surface area contributed by atoms with E-state index < -0.39 is 60.2 Å². The predicted octanol–water partition coefficient (Wildman–Crippen LogP) is -0.224. The third kappa shape index (κ3) is 10.4. The number of hydrogen-bond acceptors (Lipinski definition) is 7. The standard InChI is InChI=1S/C23H38N6O7/c1-5-13(4)19(23(35)36)29-22(34)17(9-14-10-25-11-26-14)28-21(33)16(6-7-18(30)31)27-20(32)15(24)8-12(2)3/h10-13,15-17,19H,5-9,24H2,1-4H3,(H,25,26)(H,27,32)(H,28,33)(H,29,34)(H,30,31)(H,35,36). The van der Waals surface area contributed by atoms with Gasteiger partial charge in [0.2, 0.25) is 17.7 Å². The summed E-state index contributed by atoms with van der Waals surface area (Å²) in [5.74, 6) is -4.80. The number of imidazole rings is 1. The van der Waals surface area contributed by atoms with Crippen molar-refractivity contribution in [3.05, 3.63) is 18.2 Å². The summed E-state index contributed by atoms with van der Waals surface area (Å²) in [6.07, 6.45) is 3.00. The number of amides is 3. The smallest absolute Gasteiger partial charge is 0.326 e. The molecule has 5 unspecified atom stereocenters. The lowest BCUT2D eigenvalue weighted by atomic mass is 9.98. The summed E-state index contributed by atoms with van der Waals surface area (Å²) >= 11 is 0. The monoisotopic (exact) mass is 510 g/mol. The third-order valence-corrected chi connectivity index (χ3v) is 5.73. The van der Waals surface area contributed by atoms with E-state index in [1.165, 1.54) is 12.5 Å². The van der Waals surface area contributed by atoms with Crippen LogP contribution < -0.4 is 21.7 Å². The summed E-state index contributed by atoms with van der Waals surface area (Å²) in [5.41, 5.74) is 6.39. The van der Waals surface area contributed by atoms with Crippen molar-refractivity contribution in [1.82, 2.24) is 25.9 Å². The molecule has 1 aromatic heterocycles. The first-order valence-corrected chi connectivity index (χ1v) is 11.9. The highest BCUT2D eigenvalue weighted by molar-refractivity contribution is 5.94. The van der Waals surface area contributed by atoms with Crippen LogP contribution in [-0.4, -0.2) is 74.0 Å². The van der Waals surface area contributed by atoms with Gasteiger partial charge < -0.3 is 36.9 Å². The highest BCUT2D eigenvalue weighted by Gasteiger charge is 2.32. The van der Waals surface area contributed by atoms with Gasteiger partial charge in [0.05, 0.1) is 12.4 Å². The Morgan fingerprint density at radius 2 is 1.61 bits per heavy atom. The van der Waals surface area contributed by atoms with Gasteiger partial charge in [-0.15, -0.1) is 0 Å². The van der Waals surface area contributed by atoms with Crippen molar-refractivity contribution >= 4 is 29.7 Å². The van der Waals surface area contributed by atoms with Gasteiger partial charge in [0.1, 0.15) is 18.1 Å². The molecule has 0 aliphatic rings. The van der Waals surface area contributed by atoms with Gasteiger partial charge in [-0.2, -0.15) is 0 Å². The van der Waals surface area contributed by atoms with Crippen molar-refractivity contribution < 1.29 is 34.2 Å². The van der Waals surface area contributed by atoms with Crippen molar-refractivity contribution in [1.29, 1.82) is 0 Å². The van der Waals surface area contributed by atoms with Crippen molar-refractivity contribution in [3.63, 3.8) is 0 Å². The molecular formula is C23H38N6O7. The average molecular weight is 511 g/mol. The molecule has 0 spiro atoms. The van der Waals surface area contributed by atoms with Gasteiger partial charge >= 0.3 is 11.9 Å². The van der Waals surface area contributed by atoms with Crippen LogP contribution in [0.2, 0.25) is 0 Å². The Morgan fingerprint density at radius 1 is 1.00 bits per heavy atom. The number of carboxylic acid groups (broad SMARTS) is 2. The molecule has 0 bridgehead atoms. The summed E-state index contributed by atoms with van der Waals surface area (Å²) in [7, 11) is 0. The Labute approximate surface area is 210 Å². The molecule has 8 N–H and O–H groups in total. The molecule has 0 fully saturated rings. The number of nitrogens with zero attached hydrogens (tertiary/aromatic N) is 1. The summed E-state index contributed by atoms with van der Waals surface area (Å²) in [5, 5.41) is 26.1. The first-order valence-electron chi connectivity index (χ1n) is 11.9. The van der Waals surface area contributed by atoms with Crippen LogP contribution >= 0.6 is 0 Å². The molecule has 36 heavy (non-hydrogen) atoms. The van der Waals surface area contributed by atoms with Gasteiger partial charge in [-0.1, -0.05) is 34.1 Å². The van der Waals surface area contributed by atoms with Crippen molar-refractivity contribution in [3.8, 4) is 0 Å². The number of H-pyrrole nitrogens is 1. The summed E-state index contributed by atoms with van der Waals surface area (Å²) in [6, 6.07) is -4.58. The van der Waals surface area contributed by atoms with Gasteiger partial charge in [0.15, 0.2) is 0 Å². The minimum absolute atomic E-state index is 0.0448. The van der Waals surface area contributed by atoms with Crippen LogP contribution in [0.4, 0.5) is 0 Å². The molecule has 0 aromatic carbocycles. The zero-order valence-corrected chi connectivity index (χ0v) is 21.1. The lowest BCUT2D eigenvalue weighted by molar-refractivity contribution is -0.143. The Morgan fingerprint density at radius 3 is 2.11 bits per heavy atom. The number of carboxylic acids is 2. The van der Waals surface area contributed by atoms with Gasteiger partial charge in [-0.25, -0.2) is 9.78 Å². The molecule has 3 amide bonds. The molecule has 13 nitrogen and oxygen atoms in total. The normalized spacial score (nSPS) is 15.3. The third-order valence-electron chi connectivity index (χ3n) is 5.73. The predicted molar refractivity (Wildman–Crippen MR) is 129 cm³/mol. The number of rotatable bonds is 16. The molecule has 1 rings (SSSR count). The fourth-order valence-electron chi connectivity index (χ4n) is 3.47. The molecule has 13 heteroatoms. The van der Waals surface area contributed by atoms with E-state index in [2.05, 4.69) is 25.9 Å². The maximum Gasteiger partial charge on any atom is 0.326 e. The van der Waals surface area contributed by atoms with Crippen molar-refractivity contribution in [2.75, 3.05) is 0 Å². The van der Waals surface area contributed by atoms with E-state index in [4.69, 9.17) is 10.8 Å². The SMILES string of the molecule is CCC(C)C(NC(=O)C(Cc1cnc[nH]1)NC(=O)C(CCC(=O)O)NC(=O)C(N)CC(C)C)C(=O)O. The lowest BCUT2D eigenvalue weighted by Gasteiger charge is -2.26. The fraction of sp³-hybridized carbons (Fsp3) is 0.652. The van der Waals surface area contributed by atoms with Crippen LogP contribution in [0.1, 0.15) is 59.1 Å². The van der Waals surface area contributed by atoms with Crippen LogP contribution in [0.25, 0.3) is 0 Å². The van der Waals surface area contributed by atoms with E-state index in [1.54, 1.807) is 13.8 Å². The van der Waals surface area contributed by atoms with Crippen LogP contribution in [0.15, 0.2) is 12.5 Å². The molecule has 0 saturated carbocycles. The fourth-order valence-corrected chi connectivity index (χ4v) is 3.47. The molecule has 1 aromatic rings. The van der Waals surface area contributed by atoms with E-state index >= 15 is 0 Å². The van der Waals surface area contributed by atoms with Gasteiger partial charge in [0, 0.05) is 24.7 Å². The van der Waals surface area contributed by atoms with Crippen LogP contribution in [0.5, 0.6) is 0 Å². The number of aliphatic carboxylic acids is 2. The molecule has 0 aliphatic carbocycles. The van der Waals surface area contributed by atoms with E-state index in [1.807, 2.05) is 13.8 Å². The second-order valence-corrected chi connectivity index (χ2v) is 9.28. The van der Waals surface area contributed by atoms with Crippen LogP contribution in [-0.2, 0) is 30.4 Å². The summed E-state index contributed by atoms with van der Waals surface area (Å²) < 4.78 is 0. The lowest BCUT2D eigenvalue weighted by Crippen LogP contribution is -2.58. The number of nitrogens with two attached hydrogens (primary N) is 1. The zero-order chi connectivity index (χ0) is 27.4. The zero-order valence-electron chi connectivity index (χ0n) is 21.1. The largest absolute Gasteiger partial charge is 0.481 e. The molecule has 1 heterocycles. The van der Waals surface area contributed by atoms with Gasteiger partial charge in [-0.05, 0) is 24.7 Å². The second kappa shape index (κ2) is 14.8. The number of hydrogen-bond donors (Lipinski definition) is 7. The minimum Gasteiger partial charge on any atom is -0.481 e. The average Bonchev–Trinajstić information content (AvgIpc) is 3.31. The highest BCUT2D eigenvalue weighted by Crippen LogP contribution is 2.10. The van der Waals surface area contributed by atoms with E-state index in [-0.39, 0.29) is 24.7 Å². The van der Waals surface area contributed by atoms with E-state index in [0.717, 1.165) is 0 Å². The highest BCUT2D eigenvalue weighted by atomic mass is 16.4. The Bertz CT molecular complexity index is 890. The molecule has 202 valence electrons. The maximum absolute atomic E-state index is 13.1. The molecule has 0 saturated heterocycles.